The molecule has 0 aromatic rings. The molecular weight excluding hydrogens is 244 g/mol. The largest absolute Gasteiger partial charge is 0.481 e. The summed E-state index contributed by atoms with van der Waals surface area (Å²) < 4.78 is 0. The van der Waals surface area contributed by atoms with Crippen molar-refractivity contribution in [1.82, 2.24) is 9.80 Å². The van der Waals surface area contributed by atoms with Crippen molar-refractivity contribution < 1.29 is 14.7 Å². The molecule has 5 nitrogen and oxygen atoms in total. The Hall–Kier alpha value is -1.26. The standard InChI is InChI=1S/C14H24N2O3/c1-4-14(12(17)18)7-8-16(9-14)13(19)15(3)10(2)11-5-6-11/h10-11H,4-9H2,1-3H3,(H,17,18). The molecule has 0 bridgehead atoms. The lowest BCUT2D eigenvalue weighted by atomic mass is 9.84. The van der Waals surface area contributed by atoms with E-state index in [2.05, 4.69) is 6.92 Å². The van der Waals surface area contributed by atoms with E-state index in [0.717, 1.165) is 0 Å². The second-order valence-electron chi connectivity index (χ2n) is 6.08. The van der Waals surface area contributed by atoms with Crippen LogP contribution in [0, 0.1) is 11.3 Å². The van der Waals surface area contributed by atoms with Crippen LogP contribution >= 0.6 is 0 Å². The normalized spacial score (nSPS) is 28.3. The summed E-state index contributed by atoms with van der Waals surface area (Å²) in [5.41, 5.74) is -0.737. The summed E-state index contributed by atoms with van der Waals surface area (Å²) in [7, 11) is 1.83. The molecule has 19 heavy (non-hydrogen) atoms. The van der Waals surface area contributed by atoms with Crippen molar-refractivity contribution in [3.05, 3.63) is 0 Å². The van der Waals surface area contributed by atoms with Gasteiger partial charge in [0.2, 0.25) is 0 Å². The highest BCUT2D eigenvalue weighted by Crippen LogP contribution is 2.37. The first-order chi connectivity index (χ1) is 8.91. The number of likely N-dealkylation sites (tertiary alicyclic amines) is 1. The van der Waals surface area contributed by atoms with Crippen molar-refractivity contribution in [2.45, 2.75) is 45.6 Å². The number of carbonyl (C=O) groups is 2. The van der Waals surface area contributed by atoms with Gasteiger partial charge >= 0.3 is 12.0 Å². The smallest absolute Gasteiger partial charge is 0.320 e. The van der Waals surface area contributed by atoms with Crippen LogP contribution in [0.3, 0.4) is 0 Å². The summed E-state index contributed by atoms with van der Waals surface area (Å²) in [6.07, 6.45) is 3.55. The Morgan fingerprint density at radius 3 is 2.53 bits per heavy atom. The van der Waals surface area contributed by atoms with E-state index in [1.54, 1.807) is 9.80 Å². The molecule has 0 radical (unpaired) electrons. The number of hydrogen-bond donors (Lipinski definition) is 1. The highest BCUT2D eigenvalue weighted by molar-refractivity contribution is 5.79. The molecule has 1 saturated heterocycles. The van der Waals surface area contributed by atoms with E-state index in [9.17, 15) is 14.7 Å². The van der Waals surface area contributed by atoms with Crippen LogP contribution in [-0.4, -0.2) is 53.1 Å². The Bertz CT molecular complexity index is 381. The first-order valence-electron chi connectivity index (χ1n) is 7.16. The molecule has 2 fully saturated rings. The van der Waals surface area contributed by atoms with Crippen molar-refractivity contribution in [3.63, 3.8) is 0 Å². The fourth-order valence-corrected chi connectivity index (χ4v) is 2.94. The van der Waals surface area contributed by atoms with E-state index in [-0.39, 0.29) is 12.1 Å². The lowest BCUT2D eigenvalue weighted by Gasteiger charge is -2.30. The summed E-state index contributed by atoms with van der Waals surface area (Å²) in [4.78, 5) is 27.3. The Morgan fingerprint density at radius 1 is 1.47 bits per heavy atom. The topological polar surface area (TPSA) is 60.9 Å². The minimum atomic E-state index is -0.775. The maximum atomic E-state index is 12.4. The number of carboxylic acid groups (broad SMARTS) is 1. The zero-order chi connectivity index (χ0) is 14.2. The number of aliphatic carboxylic acids is 1. The van der Waals surface area contributed by atoms with Crippen molar-refractivity contribution >= 4 is 12.0 Å². The third-order valence-corrected chi connectivity index (χ3v) is 4.97. The Balaban J connectivity index is 1.99. The fourth-order valence-electron chi connectivity index (χ4n) is 2.94. The van der Waals surface area contributed by atoms with Gasteiger partial charge in [0.15, 0.2) is 0 Å². The summed E-state index contributed by atoms with van der Waals surface area (Å²) in [6, 6.07) is 0.241. The zero-order valence-electron chi connectivity index (χ0n) is 12.1. The molecule has 1 N–H and O–H groups in total. The second kappa shape index (κ2) is 5.02. The molecule has 2 unspecified atom stereocenters. The van der Waals surface area contributed by atoms with Crippen molar-refractivity contribution in [1.29, 1.82) is 0 Å². The third-order valence-electron chi connectivity index (χ3n) is 4.97. The molecular formula is C14H24N2O3. The number of rotatable bonds is 4. The molecule has 2 rings (SSSR count). The highest BCUT2D eigenvalue weighted by atomic mass is 16.4. The molecule has 1 aliphatic carbocycles. The summed E-state index contributed by atoms with van der Waals surface area (Å²) in [5.74, 6) is -0.143. The van der Waals surface area contributed by atoms with Crippen LogP contribution < -0.4 is 0 Å². The van der Waals surface area contributed by atoms with Gasteiger partial charge in [-0.15, -0.1) is 0 Å². The first kappa shape index (κ1) is 14.2. The summed E-state index contributed by atoms with van der Waals surface area (Å²) >= 11 is 0. The van der Waals surface area contributed by atoms with Crippen LogP contribution in [0.2, 0.25) is 0 Å². The van der Waals surface area contributed by atoms with Crippen molar-refractivity contribution in [2.75, 3.05) is 20.1 Å². The van der Waals surface area contributed by atoms with Crippen LogP contribution in [-0.2, 0) is 4.79 Å². The lowest BCUT2D eigenvalue weighted by molar-refractivity contribution is -0.148. The number of amides is 2. The molecule has 2 atom stereocenters. The minimum Gasteiger partial charge on any atom is -0.481 e. The van der Waals surface area contributed by atoms with E-state index in [1.165, 1.54) is 12.8 Å². The first-order valence-corrected chi connectivity index (χ1v) is 7.16. The van der Waals surface area contributed by atoms with Gasteiger partial charge < -0.3 is 14.9 Å². The van der Waals surface area contributed by atoms with Gasteiger partial charge in [-0.2, -0.15) is 0 Å². The van der Waals surface area contributed by atoms with Crippen molar-refractivity contribution in [3.8, 4) is 0 Å². The lowest BCUT2D eigenvalue weighted by Crippen LogP contribution is -2.46. The Kier molecular flexibility index (Phi) is 3.74. The molecule has 0 aromatic carbocycles. The predicted molar refractivity (Wildman–Crippen MR) is 71.9 cm³/mol. The van der Waals surface area contributed by atoms with Gasteiger partial charge in [-0.25, -0.2) is 4.79 Å². The second-order valence-corrected chi connectivity index (χ2v) is 6.08. The van der Waals surface area contributed by atoms with Gasteiger partial charge in [0.25, 0.3) is 0 Å². The quantitative estimate of drug-likeness (QED) is 0.848. The van der Waals surface area contributed by atoms with E-state index >= 15 is 0 Å². The third kappa shape index (κ3) is 2.55. The number of carbonyl (C=O) groups excluding carboxylic acids is 1. The van der Waals surface area contributed by atoms with Gasteiger partial charge in [0.1, 0.15) is 0 Å². The van der Waals surface area contributed by atoms with Gasteiger partial charge in [-0.1, -0.05) is 6.92 Å². The Morgan fingerprint density at radius 2 is 2.11 bits per heavy atom. The van der Waals surface area contributed by atoms with Crippen LogP contribution in [0.15, 0.2) is 0 Å². The van der Waals surface area contributed by atoms with E-state index < -0.39 is 11.4 Å². The molecule has 1 heterocycles. The maximum Gasteiger partial charge on any atom is 0.320 e. The molecule has 1 aliphatic heterocycles. The molecule has 5 heteroatoms. The highest BCUT2D eigenvalue weighted by Gasteiger charge is 2.46. The van der Waals surface area contributed by atoms with Gasteiger partial charge in [0.05, 0.1) is 5.41 Å². The van der Waals surface area contributed by atoms with Crippen LogP contribution in [0.1, 0.15) is 39.5 Å². The van der Waals surface area contributed by atoms with E-state index in [1.807, 2.05) is 14.0 Å². The predicted octanol–water partition coefficient (Wildman–Crippen LogP) is 2.02. The molecule has 0 spiro atoms. The number of urea groups is 1. The average Bonchev–Trinajstić information content (AvgIpc) is 3.15. The summed E-state index contributed by atoms with van der Waals surface area (Å²) in [5, 5.41) is 9.36. The number of carboxylic acids is 1. The van der Waals surface area contributed by atoms with E-state index in [4.69, 9.17) is 0 Å². The monoisotopic (exact) mass is 268 g/mol. The molecule has 1 saturated carbocycles. The summed E-state index contributed by atoms with van der Waals surface area (Å²) in [6.45, 7) is 4.87. The van der Waals surface area contributed by atoms with Crippen LogP contribution in [0.4, 0.5) is 4.79 Å². The Labute approximate surface area is 114 Å². The minimum absolute atomic E-state index is 0.0176. The van der Waals surface area contributed by atoms with Crippen molar-refractivity contribution in [2.24, 2.45) is 11.3 Å². The van der Waals surface area contributed by atoms with Gasteiger partial charge in [0, 0.05) is 26.2 Å². The van der Waals surface area contributed by atoms with Crippen LogP contribution in [0.5, 0.6) is 0 Å². The average molecular weight is 268 g/mol. The number of hydrogen-bond acceptors (Lipinski definition) is 2. The van der Waals surface area contributed by atoms with Gasteiger partial charge in [-0.3, -0.25) is 4.79 Å². The fraction of sp³-hybridized carbons (Fsp3) is 0.857. The molecule has 0 aromatic heterocycles. The molecule has 2 aliphatic rings. The van der Waals surface area contributed by atoms with Crippen LogP contribution in [0.25, 0.3) is 0 Å². The molecule has 2 amide bonds. The van der Waals surface area contributed by atoms with E-state index in [0.29, 0.717) is 31.8 Å². The SMILES string of the molecule is CCC1(C(=O)O)CCN(C(=O)N(C)C(C)C2CC2)C1. The molecule has 108 valence electrons. The maximum absolute atomic E-state index is 12.4. The van der Waals surface area contributed by atoms with Gasteiger partial charge in [-0.05, 0) is 38.5 Å². The number of nitrogens with zero attached hydrogens (tertiary/aromatic N) is 2. The zero-order valence-corrected chi connectivity index (χ0v) is 12.1.